The number of hydrogen-bond acceptors (Lipinski definition) is 2. The van der Waals surface area contributed by atoms with Gasteiger partial charge in [0.15, 0.2) is 5.82 Å². The normalized spacial score (nSPS) is 13.7. The van der Waals surface area contributed by atoms with Crippen LogP contribution < -0.4 is 5.32 Å². The summed E-state index contributed by atoms with van der Waals surface area (Å²) in [5.41, 5.74) is 6.61. The Kier molecular flexibility index (Phi) is 5.05. The minimum atomic E-state index is 0. The van der Waals surface area contributed by atoms with Gasteiger partial charge in [0.05, 0.1) is 5.52 Å². The van der Waals surface area contributed by atoms with Crippen LogP contribution >= 0.6 is 12.4 Å². The van der Waals surface area contributed by atoms with Gasteiger partial charge in [0.1, 0.15) is 0 Å². The van der Waals surface area contributed by atoms with Crippen LogP contribution in [-0.4, -0.2) is 9.55 Å². The van der Waals surface area contributed by atoms with E-state index in [4.69, 9.17) is 0 Å². The average molecular weight is 356 g/mol. The van der Waals surface area contributed by atoms with Crippen LogP contribution in [0.1, 0.15) is 35.2 Å². The van der Waals surface area contributed by atoms with Crippen molar-refractivity contribution >= 4 is 29.1 Å². The summed E-state index contributed by atoms with van der Waals surface area (Å²) in [7, 11) is 0. The summed E-state index contributed by atoms with van der Waals surface area (Å²) in [6.45, 7) is 8.52. The van der Waals surface area contributed by atoms with Gasteiger partial charge in [-0.15, -0.1) is 12.4 Å². The Labute approximate surface area is 155 Å². The molecule has 4 heteroatoms. The molecule has 2 aromatic heterocycles. The van der Waals surface area contributed by atoms with Gasteiger partial charge in [0.2, 0.25) is 0 Å². The first kappa shape index (κ1) is 17.8. The summed E-state index contributed by atoms with van der Waals surface area (Å²) < 4.78 is 2.48. The predicted octanol–water partition coefficient (Wildman–Crippen LogP) is 5.41. The maximum absolute atomic E-state index is 4.65. The highest BCUT2D eigenvalue weighted by Gasteiger charge is 2.25. The van der Waals surface area contributed by atoms with E-state index in [9.17, 15) is 0 Å². The number of nitrogens with one attached hydrogen (secondary N) is 1. The lowest BCUT2D eigenvalue weighted by Gasteiger charge is -2.12. The third-order valence-electron chi connectivity index (χ3n) is 5.26. The highest BCUT2D eigenvalue weighted by molar-refractivity contribution is 5.93. The Hall–Kier alpha value is -2.00. The minimum absolute atomic E-state index is 0. The number of nitrogens with zero attached hydrogens (tertiary/aromatic N) is 2. The molecule has 25 heavy (non-hydrogen) atoms. The highest BCUT2D eigenvalue weighted by atomic mass is 35.5. The Bertz CT molecular complexity index is 876. The third kappa shape index (κ3) is 3.52. The van der Waals surface area contributed by atoms with E-state index >= 15 is 0 Å². The Morgan fingerprint density at radius 3 is 2.48 bits per heavy atom. The van der Waals surface area contributed by atoms with Crippen LogP contribution in [0.25, 0.3) is 10.9 Å². The molecule has 4 rings (SSSR count). The van der Waals surface area contributed by atoms with Crippen molar-refractivity contribution in [1.29, 1.82) is 0 Å². The van der Waals surface area contributed by atoms with Gasteiger partial charge in [-0.3, -0.25) is 0 Å². The van der Waals surface area contributed by atoms with E-state index in [1.165, 1.54) is 46.1 Å². The molecule has 3 nitrogen and oxygen atoms in total. The molecular formula is C21H26ClN3. The zero-order valence-corrected chi connectivity index (χ0v) is 16.0. The predicted molar refractivity (Wildman–Crippen MR) is 108 cm³/mol. The molecule has 1 aliphatic carbocycles. The molecule has 0 spiro atoms. The highest BCUT2D eigenvalue weighted by Crippen LogP contribution is 2.36. The van der Waals surface area contributed by atoms with Crippen LogP contribution in [0.2, 0.25) is 0 Å². The zero-order chi connectivity index (χ0) is 16.7. The van der Waals surface area contributed by atoms with E-state index < -0.39 is 0 Å². The Morgan fingerprint density at radius 1 is 1.08 bits per heavy atom. The second-order valence-electron chi connectivity index (χ2n) is 7.16. The van der Waals surface area contributed by atoms with Crippen LogP contribution in [-0.2, 0) is 13.1 Å². The van der Waals surface area contributed by atoms with Crippen molar-refractivity contribution in [2.75, 3.05) is 5.32 Å². The second-order valence-corrected chi connectivity index (χ2v) is 7.16. The first-order valence-electron chi connectivity index (χ1n) is 8.87. The lowest BCUT2D eigenvalue weighted by Crippen LogP contribution is -2.07. The van der Waals surface area contributed by atoms with E-state index in [1.54, 1.807) is 0 Å². The van der Waals surface area contributed by atoms with Crippen LogP contribution in [0.15, 0.2) is 36.5 Å². The van der Waals surface area contributed by atoms with Crippen molar-refractivity contribution < 1.29 is 0 Å². The molecule has 0 saturated heterocycles. The van der Waals surface area contributed by atoms with Gasteiger partial charge < -0.3 is 9.88 Å². The maximum atomic E-state index is 4.65. The van der Waals surface area contributed by atoms with Gasteiger partial charge in [-0.2, -0.15) is 0 Å². The van der Waals surface area contributed by atoms with Crippen molar-refractivity contribution in [2.24, 2.45) is 5.92 Å². The number of aryl methyl sites for hydroxylation is 2. The molecule has 0 atom stereocenters. The molecule has 0 unspecified atom stereocenters. The lowest BCUT2D eigenvalue weighted by molar-refractivity contribution is 0.631. The summed E-state index contributed by atoms with van der Waals surface area (Å²) >= 11 is 0. The molecule has 2 heterocycles. The van der Waals surface area contributed by atoms with E-state index in [0.29, 0.717) is 0 Å². The molecule has 1 N–H and O–H groups in total. The van der Waals surface area contributed by atoms with E-state index in [2.05, 4.69) is 66.0 Å². The Morgan fingerprint density at radius 2 is 1.80 bits per heavy atom. The van der Waals surface area contributed by atoms with Crippen LogP contribution in [0.3, 0.4) is 0 Å². The number of hydrogen-bond donors (Lipinski definition) is 1. The minimum Gasteiger partial charge on any atom is -0.364 e. The van der Waals surface area contributed by atoms with Gasteiger partial charge in [-0.05, 0) is 56.7 Å². The molecule has 0 radical (unpaired) electrons. The monoisotopic (exact) mass is 355 g/mol. The number of aromatic nitrogens is 2. The number of fused-ring (bicyclic) bond motifs is 1. The molecule has 1 saturated carbocycles. The molecule has 0 bridgehead atoms. The molecule has 0 aliphatic heterocycles. The third-order valence-corrected chi connectivity index (χ3v) is 5.26. The number of anilines is 1. The summed E-state index contributed by atoms with van der Waals surface area (Å²) in [6, 6.07) is 10.8. The quantitative estimate of drug-likeness (QED) is 0.663. The molecule has 132 valence electrons. The summed E-state index contributed by atoms with van der Waals surface area (Å²) in [4.78, 5) is 4.65. The maximum Gasteiger partial charge on any atom is 0.150 e. The van der Waals surface area contributed by atoms with Crippen LogP contribution in [0.4, 0.5) is 5.82 Å². The SMILES string of the molecule is Cc1ccc(CNc2nccc3c(C)c(C)n(CC4CC4)c23)cc1.Cl. The molecule has 1 fully saturated rings. The van der Waals surface area contributed by atoms with Crippen molar-refractivity contribution in [3.63, 3.8) is 0 Å². The van der Waals surface area contributed by atoms with Crippen molar-refractivity contribution in [3.8, 4) is 0 Å². The van der Waals surface area contributed by atoms with E-state index in [0.717, 1.165) is 24.8 Å². The summed E-state index contributed by atoms with van der Waals surface area (Å²) in [6.07, 6.45) is 4.66. The fourth-order valence-electron chi connectivity index (χ4n) is 3.40. The fraction of sp³-hybridized carbons (Fsp3) is 0.381. The van der Waals surface area contributed by atoms with Crippen LogP contribution in [0, 0.1) is 26.7 Å². The van der Waals surface area contributed by atoms with Crippen molar-refractivity contribution in [3.05, 3.63) is 58.9 Å². The number of halogens is 1. The zero-order valence-electron chi connectivity index (χ0n) is 15.2. The number of benzene rings is 1. The van der Waals surface area contributed by atoms with Crippen molar-refractivity contribution in [1.82, 2.24) is 9.55 Å². The molecule has 0 amide bonds. The van der Waals surface area contributed by atoms with E-state index in [-0.39, 0.29) is 12.4 Å². The first-order valence-corrected chi connectivity index (χ1v) is 8.87. The summed E-state index contributed by atoms with van der Waals surface area (Å²) in [5, 5.41) is 4.89. The molecule has 3 aromatic rings. The van der Waals surface area contributed by atoms with Gasteiger partial charge in [0.25, 0.3) is 0 Å². The molecule has 1 aromatic carbocycles. The smallest absolute Gasteiger partial charge is 0.150 e. The lowest BCUT2D eigenvalue weighted by atomic mass is 10.1. The first-order chi connectivity index (χ1) is 11.6. The van der Waals surface area contributed by atoms with E-state index in [1.807, 2.05) is 6.20 Å². The Balaban J connectivity index is 0.00000182. The summed E-state index contributed by atoms with van der Waals surface area (Å²) in [5.74, 6) is 1.86. The average Bonchev–Trinajstić information content (AvgIpc) is 3.38. The fourth-order valence-corrected chi connectivity index (χ4v) is 3.40. The van der Waals surface area contributed by atoms with Crippen molar-refractivity contribution in [2.45, 2.75) is 46.7 Å². The second kappa shape index (κ2) is 7.09. The van der Waals surface area contributed by atoms with Gasteiger partial charge >= 0.3 is 0 Å². The topological polar surface area (TPSA) is 29.9 Å². The molecular weight excluding hydrogens is 330 g/mol. The van der Waals surface area contributed by atoms with Gasteiger partial charge in [-0.1, -0.05) is 29.8 Å². The van der Waals surface area contributed by atoms with Gasteiger partial charge in [-0.25, -0.2) is 4.98 Å². The number of pyridine rings is 1. The largest absolute Gasteiger partial charge is 0.364 e. The standard InChI is InChI=1S/C21H25N3.ClH/c1-14-4-6-17(7-5-14)12-23-21-20-19(10-11-22-21)15(2)16(3)24(20)13-18-8-9-18;/h4-7,10-11,18H,8-9,12-13H2,1-3H3,(H,22,23);1H. The van der Waals surface area contributed by atoms with Crippen LogP contribution in [0.5, 0.6) is 0 Å². The molecule has 1 aliphatic rings. The van der Waals surface area contributed by atoms with Gasteiger partial charge in [0, 0.05) is 30.4 Å². The number of rotatable bonds is 5.